The number of nitrogens with zero attached hydrogens (tertiary/aromatic N) is 1. The molecule has 1 aliphatic heterocycles. The number of hydrogen-bond acceptors (Lipinski definition) is 4. The van der Waals surface area contributed by atoms with Crippen LogP contribution in [0.1, 0.15) is 27.2 Å². The average Bonchev–Trinajstić information content (AvgIpc) is 2.14. The molecule has 2 amide bonds. The van der Waals surface area contributed by atoms with Crippen LogP contribution in [0.4, 0.5) is 4.79 Å². The van der Waals surface area contributed by atoms with E-state index in [1.165, 1.54) is 4.90 Å². The van der Waals surface area contributed by atoms with Crippen LogP contribution in [0.3, 0.4) is 0 Å². The minimum atomic E-state index is -0.543. The van der Waals surface area contributed by atoms with E-state index in [2.05, 4.69) is 0 Å². The first-order valence-electron chi connectivity index (χ1n) is 5.73. The fourth-order valence-electron chi connectivity index (χ4n) is 1.76. The lowest BCUT2D eigenvalue weighted by Gasteiger charge is -2.36. The van der Waals surface area contributed by atoms with Crippen molar-refractivity contribution in [1.82, 2.24) is 4.90 Å². The van der Waals surface area contributed by atoms with Crippen molar-refractivity contribution in [1.29, 1.82) is 0 Å². The lowest BCUT2D eigenvalue weighted by molar-refractivity contribution is -0.123. The van der Waals surface area contributed by atoms with Gasteiger partial charge in [0, 0.05) is 19.1 Å². The maximum absolute atomic E-state index is 11.8. The SMILES string of the molecule is CC(C)(C)OC(=O)N1CC[C@H](N)[C@@H](C(N)=O)C1. The van der Waals surface area contributed by atoms with Crippen LogP contribution in [0.5, 0.6) is 0 Å². The molecule has 1 saturated heterocycles. The highest BCUT2D eigenvalue weighted by Gasteiger charge is 2.34. The van der Waals surface area contributed by atoms with Gasteiger partial charge in [-0.1, -0.05) is 0 Å². The number of primary amides is 1. The summed E-state index contributed by atoms with van der Waals surface area (Å²) in [4.78, 5) is 24.5. The number of amides is 2. The second kappa shape index (κ2) is 4.91. The summed E-state index contributed by atoms with van der Waals surface area (Å²) in [5.41, 5.74) is 10.5. The first-order chi connectivity index (χ1) is 7.70. The monoisotopic (exact) mass is 243 g/mol. The second-order valence-electron chi connectivity index (χ2n) is 5.39. The Morgan fingerprint density at radius 1 is 1.35 bits per heavy atom. The standard InChI is InChI=1S/C11H21N3O3/c1-11(2,3)17-10(16)14-5-4-8(12)7(6-14)9(13)15/h7-8H,4-6,12H2,1-3H3,(H2,13,15)/t7-,8-/m0/s1. The predicted octanol–water partition coefficient (Wildman–Crippen LogP) is 0.0560. The van der Waals surface area contributed by atoms with Crippen LogP contribution in [0.25, 0.3) is 0 Å². The Balaban J connectivity index is 2.62. The number of carbonyl (C=O) groups is 2. The maximum Gasteiger partial charge on any atom is 0.410 e. The molecular formula is C11H21N3O3. The van der Waals surface area contributed by atoms with E-state index < -0.39 is 23.5 Å². The summed E-state index contributed by atoms with van der Waals surface area (Å²) in [5, 5.41) is 0. The Morgan fingerprint density at radius 3 is 2.41 bits per heavy atom. The minimum Gasteiger partial charge on any atom is -0.444 e. The third-order valence-corrected chi connectivity index (χ3v) is 2.68. The van der Waals surface area contributed by atoms with Gasteiger partial charge in [0.2, 0.25) is 5.91 Å². The van der Waals surface area contributed by atoms with Gasteiger partial charge in [0.05, 0.1) is 5.92 Å². The zero-order valence-electron chi connectivity index (χ0n) is 10.6. The predicted molar refractivity (Wildman–Crippen MR) is 63.1 cm³/mol. The molecule has 6 nitrogen and oxygen atoms in total. The van der Waals surface area contributed by atoms with E-state index in [0.717, 1.165) is 0 Å². The van der Waals surface area contributed by atoms with Crippen molar-refractivity contribution in [3.63, 3.8) is 0 Å². The summed E-state index contributed by atoms with van der Waals surface area (Å²) in [6.45, 7) is 6.13. The molecule has 0 unspecified atom stereocenters. The fraction of sp³-hybridized carbons (Fsp3) is 0.818. The van der Waals surface area contributed by atoms with Gasteiger partial charge in [-0.15, -0.1) is 0 Å². The minimum absolute atomic E-state index is 0.241. The van der Waals surface area contributed by atoms with Gasteiger partial charge in [-0.25, -0.2) is 4.79 Å². The van der Waals surface area contributed by atoms with Crippen LogP contribution < -0.4 is 11.5 Å². The first-order valence-corrected chi connectivity index (χ1v) is 5.73. The molecule has 0 aliphatic carbocycles. The van der Waals surface area contributed by atoms with E-state index in [-0.39, 0.29) is 12.6 Å². The highest BCUT2D eigenvalue weighted by Crippen LogP contribution is 2.18. The number of ether oxygens (including phenoxy) is 1. The third-order valence-electron chi connectivity index (χ3n) is 2.68. The van der Waals surface area contributed by atoms with E-state index in [1.807, 2.05) is 0 Å². The smallest absolute Gasteiger partial charge is 0.410 e. The largest absolute Gasteiger partial charge is 0.444 e. The molecule has 1 rings (SSSR count). The lowest BCUT2D eigenvalue weighted by atomic mass is 9.92. The highest BCUT2D eigenvalue weighted by atomic mass is 16.6. The molecule has 6 heteroatoms. The number of piperidine rings is 1. The summed E-state index contributed by atoms with van der Waals surface area (Å²) in [6, 6.07) is -0.272. The van der Waals surface area contributed by atoms with Crippen molar-refractivity contribution in [2.45, 2.75) is 38.8 Å². The summed E-state index contributed by atoms with van der Waals surface area (Å²) in [5.74, 6) is -0.956. The van der Waals surface area contributed by atoms with Crippen LogP contribution in [0.2, 0.25) is 0 Å². The molecule has 1 heterocycles. The average molecular weight is 243 g/mol. The van der Waals surface area contributed by atoms with Gasteiger partial charge < -0.3 is 21.1 Å². The van der Waals surface area contributed by atoms with Gasteiger partial charge in [-0.2, -0.15) is 0 Å². The molecule has 0 saturated carbocycles. The molecule has 0 bridgehead atoms. The van der Waals surface area contributed by atoms with Crippen molar-refractivity contribution in [3.05, 3.63) is 0 Å². The number of rotatable bonds is 1. The maximum atomic E-state index is 11.8. The normalized spacial score (nSPS) is 25.5. The summed E-state index contributed by atoms with van der Waals surface area (Å²) >= 11 is 0. The van der Waals surface area contributed by atoms with Gasteiger partial charge in [-0.3, -0.25) is 4.79 Å². The van der Waals surface area contributed by atoms with Gasteiger partial charge in [0.1, 0.15) is 5.60 Å². The third kappa shape index (κ3) is 3.89. The Hall–Kier alpha value is -1.30. The van der Waals surface area contributed by atoms with Crippen LogP contribution in [-0.4, -0.2) is 41.6 Å². The van der Waals surface area contributed by atoms with Gasteiger partial charge in [0.15, 0.2) is 0 Å². The van der Waals surface area contributed by atoms with Crippen LogP contribution >= 0.6 is 0 Å². The zero-order valence-corrected chi connectivity index (χ0v) is 10.6. The van der Waals surface area contributed by atoms with E-state index in [1.54, 1.807) is 20.8 Å². The van der Waals surface area contributed by atoms with Crippen LogP contribution in [0, 0.1) is 5.92 Å². The molecule has 4 N–H and O–H groups in total. The van der Waals surface area contributed by atoms with Crippen LogP contribution in [-0.2, 0) is 9.53 Å². The number of nitrogens with two attached hydrogens (primary N) is 2. The Labute approximate surface area is 101 Å². The van der Waals surface area contributed by atoms with Crippen molar-refractivity contribution in [2.75, 3.05) is 13.1 Å². The fourth-order valence-corrected chi connectivity index (χ4v) is 1.76. The van der Waals surface area contributed by atoms with Gasteiger partial charge >= 0.3 is 6.09 Å². The van der Waals surface area contributed by atoms with Crippen molar-refractivity contribution in [2.24, 2.45) is 17.4 Å². The highest BCUT2D eigenvalue weighted by molar-refractivity contribution is 5.79. The molecule has 0 radical (unpaired) electrons. The Bertz CT molecular complexity index is 312. The topological polar surface area (TPSA) is 98.7 Å². The molecule has 0 aromatic carbocycles. The van der Waals surface area contributed by atoms with E-state index >= 15 is 0 Å². The summed E-state index contributed by atoms with van der Waals surface area (Å²) in [7, 11) is 0. The van der Waals surface area contributed by atoms with E-state index in [0.29, 0.717) is 13.0 Å². The van der Waals surface area contributed by atoms with Crippen molar-refractivity contribution < 1.29 is 14.3 Å². The van der Waals surface area contributed by atoms with Crippen molar-refractivity contribution in [3.8, 4) is 0 Å². The number of likely N-dealkylation sites (tertiary alicyclic amines) is 1. The van der Waals surface area contributed by atoms with Gasteiger partial charge in [0.25, 0.3) is 0 Å². The van der Waals surface area contributed by atoms with Crippen molar-refractivity contribution >= 4 is 12.0 Å². The Morgan fingerprint density at radius 2 is 1.94 bits per heavy atom. The lowest BCUT2D eigenvalue weighted by Crippen LogP contribution is -2.54. The zero-order chi connectivity index (χ0) is 13.2. The second-order valence-corrected chi connectivity index (χ2v) is 5.39. The Kier molecular flexibility index (Phi) is 3.98. The molecule has 2 atom stereocenters. The summed E-state index contributed by atoms with van der Waals surface area (Å²) in [6.07, 6.45) is 0.142. The van der Waals surface area contributed by atoms with Gasteiger partial charge in [-0.05, 0) is 27.2 Å². The molecule has 17 heavy (non-hydrogen) atoms. The molecule has 1 fully saturated rings. The van der Waals surface area contributed by atoms with Crippen LogP contribution in [0.15, 0.2) is 0 Å². The number of hydrogen-bond donors (Lipinski definition) is 2. The molecule has 0 aromatic rings. The number of carbonyl (C=O) groups excluding carboxylic acids is 2. The molecule has 0 aromatic heterocycles. The van der Waals surface area contributed by atoms with E-state index in [4.69, 9.17) is 16.2 Å². The first kappa shape index (κ1) is 13.8. The quantitative estimate of drug-likeness (QED) is 0.680. The summed E-state index contributed by atoms with van der Waals surface area (Å²) < 4.78 is 5.23. The molecule has 98 valence electrons. The molecular weight excluding hydrogens is 222 g/mol. The molecule has 0 spiro atoms. The van der Waals surface area contributed by atoms with E-state index in [9.17, 15) is 9.59 Å². The molecule has 1 aliphatic rings.